The van der Waals surface area contributed by atoms with Crippen molar-refractivity contribution in [3.05, 3.63) is 42.5 Å². The fraction of sp³-hybridized carbons (Fsp3) is 0.586. The van der Waals surface area contributed by atoms with Gasteiger partial charge < -0.3 is 30.6 Å². The second-order valence-corrected chi connectivity index (χ2v) is 12.5. The summed E-state index contributed by atoms with van der Waals surface area (Å²) in [5, 5.41) is 5.89. The molecule has 2 aliphatic rings. The van der Waals surface area contributed by atoms with Crippen LogP contribution in [0.3, 0.4) is 0 Å². The number of nitrogens with zero attached hydrogens (tertiary/aromatic N) is 5. The maximum absolute atomic E-state index is 12.6. The first-order valence-electron chi connectivity index (χ1n) is 14.2. The van der Waals surface area contributed by atoms with Crippen molar-refractivity contribution in [2.75, 3.05) is 30.7 Å². The van der Waals surface area contributed by atoms with Gasteiger partial charge in [0.05, 0.1) is 6.33 Å². The molecular formula is C29H42N8O4. The van der Waals surface area contributed by atoms with Crippen LogP contribution in [0.15, 0.2) is 36.9 Å². The fourth-order valence-electron chi connectivity index (χ4n) is 5.42. The predicted molar refractivity (Wildman–Crippen MR) is 156 cm³/mol. The highest BCUT2D eigenvalue weighted by atomic mass is 16.8. The van der Waals surface area contributed by atoms with Crippen LogP contribution in [0.2, 0.25) is 0 Å². The molecule has 0 aliphatic carbocycles. The summed E-state index contributed by atoms with van der Waals surface area (Å²) in [5.74, 6) is -0.443. The van der Waals surface area contributed by atoms with Gasteiger partial charge in [0.25, 0.3) is 0 Å². The van der Waals surface area contributed by atoms with Gasteiger partial charge in [-0.05, 0) is 50.8 Å². The monoisotopic (exact) mass is 566 g/mol. The first kappa shape index (κ1) is 29.2. The summed E-state index contributed by atoms with van der Waals surface area (Å²) in [6.45, 7) is 16.3. The highest BCUT2D eigenvalue weighted by Crippen LogP contribution is 2.44. The van der Waals surface area contributed by atoms with Crippen LogP contribution in [0.5, 0.6) is 0 Å². The largest absolute Gasteiger partial charge is 0.382 e. The van der Waals surface area contributed by atoms with Gasteiger partial charge in [-0.25, -0.2) is 19.7 Å². The molecule has 41 heavy (non-hydrogen) atoms. The van der Waals surface area contributed by atoms with Crippen molar-refractivity contribution in [1.82, 2.24) is 29.7 Å². The number of hydrogen-bond acceptors (Lipinski definition) is 9. The number of nitrogens with one attached hydrogen (secondary N) is 2. The fourth-order valence-corrected chi connectivity index (χ4v) is 5.42. The van der Waals surface area contributed by atoms with E-state index in [0.29, 0.717) is 36.6 Å². The lowest BCUT2D eigenvalue weighted by Crippen LogP contribution is -2.46. The van der Waals surface area contributed by atoms with Crippen molar-refractivity contribution >= 4 is 28.7 Å². The lowest BCUT2D eigenvalue weighted by molar-refractivity contribution is -0.198. The third-order valence-electron chi connectivity index (χ3n) is 7.62. The van der Waals surface area contributed by atoms with Gasteiger partial charge in [0.2, 0.25) is 0 Å². The second kappa shape index (κ2) is 11.2. The number of aromatic nitrogens is 4. The van der Waals surface area contributed by atoms with Crippen molar-refractivity contribution in [3.8, 4) is 0 Å². The van der Waals surface area contributed by atoms with Crippen LogP contribution in [0, 0.1) is 0 Å². The molecule has 3 aromatic rings. The number of carbonyl (C=O) groups excluding carboxylic acids is 1. The summed E-state index contributed by atoms with van der Waals surface area (Å²) in [6, 6.07) is 7.92. The van der Waals surface area contributed by atoms with Gasteiger partial charge >= 0.3 is 6.03 Å². The van der Waals surface area contributed by atoms with Gasteiger partial charge in [-0.15, -0.1) is 0 Å². The number of ether oxygens (including phenoxy) is 3. The van der Waals surface area contributed by atoms with Crippen LogP contribution >= 0.6 is 0 Å². The number of hydrogen-bond donors (Lipinski definition) is 3. The highest BCUT2D eigenvalue weighted by Gasteiger charge is 2.56. The van der Waals surface area contributed by atoms with Crippen LogP contribution in [-0.4, -0.2) is 80.2 Å². The molecule has 0 unspecified atom stereocenters. The predicted octanol–water partition coefficient (Wildman–Crippen LogP) is 3.66. The van der Waals surface area contributed by atoms with Crippen molar-refractivity contribution in [1.29, 1.82) is 0 Å². The molecule has 0 spiro atoms. The minimum absolute atomic E-state index is 0.0600. The highest BCUT2D eigenvalue weighted by molar-refractivity contribution is 5.89. The van der Waals surface area contributed by atoms with E-state index in [1.807, 2.05) is 42.7 Å². The molecular weight excluding hydrogens is 524 g/mol. The Bertz CT molecular complexity index is 1370. The Balaban J connectivity index is 1.22. The number of rotatable bonds is 8. The zero-order chi connectivity index (χ0) is 29.5. The molecule has 2 amide bonds. The molecule has 4 heterocycles. The zero-order valence-electron chi connectivity index (χ0n) is 24.9. The van der Waals surface area contributed by atoms with Crippen LogP contribution < -0.4 is 16.4 Å². The molecule has 4 atom stereocenters. The number of nitrogens with two attached hydrogens (primary N) is 1. The Hall–Kier alpha value is -3.32. The minimum Gasteiger partial charge on any atom is -0.382 e. The maximum atomic E-state index is 12.6. The number of anilines is 2. The molecule has 5 rings (SSSR count). The van der Waals surface area contributed by atoms with E-state index < -0.39 is 12.0 Å². The molecule has 0 saturated carbocycles. The van der Waals surface area contributed by atoms with Crippen molar-refractivity contribution in [3.63, 3.8) is 0 Å². The normalized spacial score (nSPS) is 23.8. The van der Waals surface area contributed by atoms with Gasteiger partial charge in [-0.1, -0.05) is 32.9 Å². The molecule has 2 saturated heterocycles. The van der Waals surface area contributed by atoms with E-state index in [1.165, 1.54) is 11.9 Å². The maximum Gasteiger partial charge on any atom is 0.319 e. The topological polar surface area (TPSA) is 142 Å². The quantitative estimate of drug-likeness (QED) is 0.372. The Morgan fingerprint density at radius 2 is 1.83 bits per heavy atom. The number of urea groups is 1. The van der Waals surface area contributed by atoms with E-state index in [0.717, 1.165) is 5.69 Å². The summed E-state index contributed by atoms with van der Waals surface area (Å²) in [7, 11) is 0. The number of amides is 2. The molecule has 4 N–H and O–H groups in total. The Morgan fingerprint density at radius 3 is 2.51 bits per heavy atom. The molecule has 12 heteroatoms. The number of benzene rings is 1. The van der Waals surface area contributed by atoms with E-state index in [9.17, 15) is 4.79 Å². The number of carbonyl (C=O) groups is 1. The molecule has 12 nitrogen and oxygen atoms in total. The minimum atomic E-state index is -0.757. The molecule has 222 valence electrons. The van der Waals surface area contributed by atoms with Gasteiger partial charge in [0.15, 0.2) is 23.5 Å². The van der Waals surface area contributed by atoms with E-state index in [2.05, 4.69) is 65.1 Å². The number of imidazole rings is 1. The number of nitrogen functional groups attached to an aromatic ring is 1. The molecule has 2 aliphatic heterocycles. The van der Waals surface area contributed by atoms with E-state index >= 15 is 0 Å². The van der Waals surface area contributed by atoms with Gasteiger partial charge in [-0.2, -0.15) is 0 Å². The third-order valence-corrected chi connectivity index (χ3v) is 7.62. The van der Waals surface area contributed by atoms with Crippen molar-refractivity contribution in [2.24, 2.45) is 0 Å². The Labute approximate surface area is 241 Å². The lowest BCUT2D eigenvalue weighted by Gasteiger charge is -2.31. The van der Waals surface area contributed by atoms with Crippen molar-refractivity contribution < 1.29 is 19.0 Å². The summed E-state index contributed by atoms with van der Waals surface area (Å²) >= 11 is 0. The average molecular weight is 567 g/mol. The molecule has 1 aromatic carbocycles. The van der Waals surface area contributed by atoms with Crippen LogP contribution in [-0.2, 0) is 19.6 Å². The SMILES string of the molecule is CC(C)N(CCNC(=O)Nc1ccc(C(C)(C)C)cc1)C[C@H]1O[C@@H](n2cnc3c(N)ncnc32)[C@@H]2OC(C)(C)O[C@@H]21. The standard InChI is InChI=1S/C29H42N8O4/c1-17(2)36(13-12-31-27(38)35-19-10-8-18(9-11-19)28(3,4)5)14-20-22-23(41-29(6,7)40-22)26(39-20)37-16-34-21-24(30)32-15-33-25(21)37/h8-11,15-17,20,22-23,26H,12-14H2,1-7H3,(H2,30,32,33)(H2,31,35,38)/t20-,22-,23-,26-/m1/s1. The molecule has 0 bridgehead atoms. The van der Waals surface area contributed by atoms with Gasteiger partial charge in [0.1, 0.15) is 30.2 Å². The van der Waals surface area contributed by atoms with Crippen molar-refractivity contribution in [2.45, 2.75) is 90.2 Å². The second-order valence-electron chi connectivity index (χ2n) is 12.5. The van der Waals surface area contributed by atoms with E-state index in [4.69, 9.17) is 19.9 Å². The first-order valence-corrected chi connectivity index (χ1v) is 14.2. The lowest BCUT2D eigenvalue weighted by atomic mass is 9.87. The van der Waals surface area contributed by atoms with Crippen LogP contribution in [0.4, 0.5) is 16.3 Å². The van der Waals surface area contributed by atoms with Gasteiger partial charge in [-0.3, -0.25) is 9.47 Å². The summed E-state index contributed by atoms with van der Waals surface area (Å²) < 4.78 is 21.0. The Morgan fingerprint density at radius 1 is 1.12 bits per heavy atom. The van der Waals surface area contributed by atoms with Gasteiger partial charge in [0, 0.05) is 31.4 Å². The first-order chi connectivity index (χ1) is 19.3. The summed E-state index contributed by atoms with van der Waals surface area (Å²) in [5.41, 5.74) is 9.15. The summed E-state index contributed by atoms with van der Waals surface area (Å²) in [4.78, 5) is 27.7. The third kappa shape index (κ3) is 6.30. The zero-order valence-corrected chi connectivity index (χ0v) is 24.9. The van der Waals surface area contributed by atoms with E-state index in [-0.39, 0.29) is 35.8 Å². The smallest absolute Gasteiger partial charge is 0.319 e. The number of fused-ring (bicyclic) bond motifs is 2. The molecule has 2 fully saturated rings. The average Bonchev–Trinajstić information content (AvgIpc) is 3.55. The van der Waals surface area contributed by atoms with E-state index in [1.54, 1.807) is 6.33 Å². The summed E-state index contributed by atoms with van der Waals surface area (Å²) in [6.07, 6.45) is 1.66. The molecule has 0 radical (unpaired) electrons. The Kier molecular flexibility index (Phi) is 7.94. The van der Waals surface area contributed by atoms with Crippen LogP contribution in [0.25, 0.3) is 11.2 Å². The van der Waals surface area contributed by atoms with Crippen LogP contribution in [0.1, 0.15) is 60.3 Å². The molecule has 2 aromatic heterocycles.